The van der Waals surface area contributed by atoms with Crippen molar-refractivity contribution in [3.8, 4) is 0 Å². The molecule has 2 aromatic heterocycles. The van der Waals surface area contributed by atoms with Gasteiger partial charge in [0.2, 0.25) is 0 Å². The molecule has 0 aliphatic heterocycles. The zero-order valence-corrected chi connectivity index (χ0v) is 15.2. The largest absolute Gasteiger partial charge is 0.358 e. The van der Waals surface area contributed by atoms with E-state index in [-0.39, 0.29) is 0 Å². The number of pyridine rings is 1. The normalized spacial score (nSPS) is 15.0. The van der Waals surface area contributed by atoms with E-state index >= 15 is 0 Å². The highest BCUT2D eigenvalue weighted by Crippen LogP contribution is 2.34. The number of nitrogens with one attached hydrogen (secondary N) is 2. The van der Waals surface area contributed by atoms with Crippen LogP contribution in [0.1, 0.15) is 29.7 Å². The van der Waals surface area contributed by atoms with E-state index in [0.29, 0.717) is 0 Å². The first-order valence-corrected chi connectivity index (χ1v) is 9.23. The molecule has 0 saturated heterocycles. The Labute approximate surface area is 158 Å². The Balaban J connectivity index is 1.81. The van der Waals surface area contributed by atoms with E-state index in [1.54, 1.807) is 6.08 Å². The van der Waals surface area contributed by atoms with Gasteiger partial charge in [-0.3, -0.25) is 16.6 Å². The molecule has 138 valence electrons. The van der Waals surface area contributed by atoms with Crippen molar-refractivity contribution in [1.29, 1.82) is 0 Å². The number of nitrogens with two attached hydrogens (primary N) is 2. The molecule has 0 bridgehead atoms. The average Bonchev–Trinajstić information content (AvgIpc) is 3.15. The van der Waals surface area contributed by atoms with Crippen LogP contribution < -0.4 is 16.8 Å². The van der Waals surface area contributed by atoms with Crippen molar-refractivity contribution in [1.82, 2.24) is 20.5 Å². The molecule has 6 heteroatoms. The van der Waals surface area contributed by atoms with Crippen LogP contribution in [-0.4, -0.2) is 21.5 Å². The number of aromatic nitrogens is 3. The van der Waals surface area contributed by atoms with Crippen molar-refractivity contribution < 1.29 is 0 Å². The number of nitrogens with zero attached hydrogens (tertiary/aromatic N) is 2. The number of fused-ring (bicyclic) bond motifs is 5. The number of benzene rings is 1. The Kier molecular flexibility index (Phi) is 4.75. The summed E-state index contributed by atoms with van der Waals surface area (Å²) in [4.78, 5) is 4.95. The molecule has 3 aromatic rings. The lowest BCUT2D eigenvalue weighted by atomic mass is 9.87. The second-order valence-corrected chi connectivity index (χ2v) is 6.81. The average molecular weight is 360 g/mol. The van der Waals surface area contributed by atoms with Gasteiger partial charge in [-0.15, -0.1) is 0 Å². The summed E-state index contributed by atoms with van der Waals surface area (Å²) in [5, 5.41) is 12.6. The summed E-state index contributed by atoms with van der Waals surface area (Å²) in [5.74, 6) is 0. The number of aromatic amines is 1. The van der Waals surface area contributed by atoms with Crippen molar-refractivity contribution in [2.45, 2.75) is 32.0 Å². The monoisotopic (exact) mass is 360 g/mol. The van der Waals surface area contributed by atoms with E-state index < -0.39 is 6.29 Å². The first-order valence-electron chi connectivity index (χ1n) is 9.23. The topological polar surface area (TPSA) is 106 Å². The Morgan fingerprint density at radius 1 is 1.22 bits per heavy atom. The van der Waals surface area contributed by atoms with Crippen LogP contribution in [0.4, 0.5) is 0 Å². The van der Waals surface area contributed by atoms with Crippen LogP contribution in [0, 0.1) is 0 Å². The molecular weight excluding hydrogens is 336 g/mol. The van der Waals surface area contributed by atoms with Gasteiger partial charge in [-0.05, 0) is 67.2 Å². The Morgan fingerprint density at radius 3 is 2.81 bits per heavy atom. The lowest BCUT2D eigenvalue weighted by Crippen LogP contribution is -2.44. The summed E-state index contributed by atoms with van der Waals surface area (Å²) < 4.78 is 0. The number of rotatable bonds is 5. The van der Waals surface area contributed by atoms with Crippen molar-refractivity contribution in [2.24, 2.45) is 11.5 Å². The fourth-order valence-corrected chi connectivity index (χ4v) is 3.83. The minimum atomic E-state index is -0.619. The van der Waals surface area contributed by atoms with E-state index in [1.165, 1.54) is 29.4 Å². The minimum Gasteiger partial charge on any atom is -0.358 e. The maximum absolute atomic E-state index is 5.58. The highest BCUT2D eigenvalue weighted by molar-refractivity contribution is 6.07. The summed E-state index contributed by atoms with van der Waals surface area (Å²) in [7, 11) is 0. The molecular formula is C21H24N6. The van der Waals surface area contributed by atoms with Crippen LogP contribution in [0.15, 0.2) is 48.8 Å². The third-order valence-electron chi connectivity index (χ3n) is 5.00. The van der Waals surface area contributed by atoms with Gasteiger partial charge in [-0.25, -0.2) is 4.98 Å². The van der Waals surface area contributed by atoms with Gasteiger partial charge >= 0.3 is 0 Å². The van der Waals surface area contributed by atoms with Gasteiger partial charge in [0.15, 0.2) is 0 Å². The standard InChI is InChI=1S/C21H24N6/c1-2-13(25-21(22)23)6-5-9-17-14-7-3-4-8-15(14)20-16-12-24-27-18(16)10-11-19(20)26-17/h2,5-6,9-12,21,25H,1,3-4,7-8,22-23H2,(H,24,27)/b9-5+,13-6+. The van der Waals surface area contributed by atoms with Crippen LogP contribution in [-0.2, 0) is 12.8 Å². The summed E-state index contributed by atoms with van der Waals surface area (Å²) in [6.45, 7) is 3.77. The molecule has 1 aliphatic rings. The molecule has 0 amide bonds. The third-order valence-corrected chi connectivity index (χ3v) is 5.00. The molecule has 6 N–H and O–H groups in total. The molecule has 2 heterocycles. The molecule has 4 rings (SSSR count). The smallest absolute Gasteiger partial charge is 0.127 e. The van der Waals surface area contributed by atoms with Crippen LogP contribution in [0.2, 0.25) is 0 Å². The van der Waals surface area contributed by atoms with Crippen LogP contribution in [0.3, 0.4) is 0 Å². The van der Waals surface area contributed by atoms with E-state index in [9.17, 15) is 0 Å². The van der Waals surface area contributed by atoms with E-state index in [0.717, 1.165) is 40.7 Å². The summed E-state index contributed by atoms with van der Waals surface area (Å²) in [6.07, 6.45) is 13.4. The van der Waals surface area contributed by atoms with E-state index in [4.69, 9.17) is 16.5 Å². The fourth-order valence-electron chi connectivity index (χ4n) is 3.83. The van der Waals surface area contributed by atoms with Crippen LogP contribution in [0.5, 0.6) is 0 Å². The van der Waals surface area contributed by atoms with Crippen molar-refractivity contribution >= 4 is 27.9 Å². The number of allylic oxidation sites excluding steroid dienone is 3. The summed E-state index contributed by atoms with van der Waals surface area (Å²) in [5.41, 5.74) is 17.8. The minimum absolute atomic E-state index is 0.619. The SMILES string of the molecule is C=C/C(=C\C=C\c1nc2ccc3[nH]ncc3c2c2c1CCCC2)NC(N)N. The highest BCUT2D eigenvalue weighted by Gasteiger charge is 2.19. The Morgan fingerprint density at radius 2 is 2.04 bits per heavy atom. The molecule has 1 aromatic carbocycles. The maximum atomic E-state index is 5.58. The quantitative estimate of drug-likeness (QED) is 0.413. The first kappa shape index (κ1) is 17.5. The van der Waals surface area contributed by atoms with Gasteiger partial charge in [-0.2, -0.15) is 5.10 Å². The van der Waals surface area contributed by atoms with Crippen LogP contribution in [0.25, 0.3) is 27.9 Å². The predicted octanol–water partition coefficient (Wildman–Crippen LogP) is 2.86. The molecule has 1 aliphatic carbocycles. The molecule has 0 fully saturated rings. The van der Waals surface area contributed by atoms with Crippen molar-refractivity contribution in [3.63, 3.8) is 0 Å². The lowest BCUT2D eigenvalue weighted by molar-refractivity contribution is 0.622. The summed E-state index contributed by atoms with van der Waals surface area (Å²) >= 11 is 0. The van der Waals surface area contributed by atoms with E-state index in [2.05, 4.69) is 34.2 Å². The molecule has 0 atom stereocenters. The second-order valence-electron chi connectivity index (χ2n) is 6.81. The second kappa shape index (κ2) is 7.34. The number of hydrogen-bond acceptors (Lipinski definition) is 5. The van der Waals surface area contributed by atoms with Crippen molar-refractivity contribution in [3.05, 3.63) is 65.7 Å². The van der Waals surface area contributed by atoms with Crippen LogP contribution >= 0.6 is 0 Å². The van der Waals surface area contributed by atoms with Gasteiger partial charge < -0.3 is 5.32 Å². The fraction of sp³-hybridized carbons (Fsp3) is 0.238. The molecule has 6 nitrogen and oxygen atoms in total. The molecule has 27 heavy (non-hydrogen) atoms. The first-order chi connectivity index (χ1) is 13.2. The number of aryl methyl sites for hydroxylation is 1. The van der Waals surface area contributed by atoms with Gasteiger partial charge in [0, 0.05) is 16.5 Å². The molecule has 0 unspecified atom stereocenters. The van der Waals surface area contributed by atoms with Gasteiger partial charge in [0.1, 0.15) is 6.29 Å². The molecule has 0 spiro atoms. The zero-order chi connectivity index (χ0) is 18.8. The maximum Gasteiger partial charge on any atom is 0.127 e. The van der Waals surface area contributed by atoms with Gasteiger partial charge in [0.05, 0.1) is 22.9 Å². The van der Waals surface area contributed by atoms with E-state index in [1.807, 2.05) is 24.4 Å². The Hall–Kier alpha value is -2.96. The van der Waals surface area contributed by atoms with Gasteiger partial charge in [-0.1, -0.05) is 12.7 Å². The zero-order valence-electron chi connectivity index (χ0n) is 15.2. The third kappa shape index (κ3) is 3.37. The molecule has 0 radical (unpaired) electrons. The highest BCUT2D eigenvalue weighted by atomic mass is 15.1. The Bertz CT molecular complexity index is 1060. The molecule has 0 saturated carbocycles. The lowest BCUT2D eigenvalue weighted by Gasteiger charge is -2.20. The number of H-pyrrole nitrogens is 1. The number of hydrogen-bond donors (Lipinski definition) is 4. The summed E-state index contributed by atoms with van der Waals surface area (Å²) in [6, 6.07) is 4.12. The van der Waals surface area contributed by atoms with Crippen molar-refractivity contribution in [2.75, 3.05) is 0 Å². The van der Waals surface area contributed by atoms with Gasteiger partial charge in [0.25, 0.3) is 0 Å². The predicted molar refractivity (Wildman–Crippen MR) is 111 cm³/mol.